The van der Waals surface area contributed by atoms with Gasteiger partial charge in [-0.2, -0.15) is 0 Å². The van der Waals surface area contributed by atoms with E-state index in [9.17, 15) is 14.4 Å². The summed E-state index contributed by atoms with van der Waals surface area (Å²) in [5, 5.41) is 5.34. The van der Waals surface area contributed by atoms with Gasteiger partial charge in [-0.25, -0.2) is 9.59 Å². The minimum atomic E-state index is -0.677. The molecule has 1 fully saturated rings. The lowest BCUT2D eigenvalue weighted by Gasteiger charge is -2.32. The summed E-state index contributed by atoms with van der Waals surface area (Å²) in [6.07, 6.45) is 2.94. The van der Waals surface area contributed by atoms with Crippen molar-refractivity contribution in [1.29, 1.82) is 0 Å². The van der Waals surface area contributed by atoms with Crippen LogP contribution in [0.15, 0.2) is 60.9 Å². The van der Waals surface area contributed by atoms with Gasteiger partial charge >= 0.3 is 12.1 Å². The highest BCUT2D eigenvalue weighted by Crippen LogP contribution is 2.42. The summed E-state index contributed by atoms with van der Waals surface area (Å²) in [5.41, 5.74) is 1.31. The van der Waals surface area contributed by atoms with E-state index in [1.165, 1.54) is 21.3 Å². The molecule has 0 bridgehead atoms. The van der Waals surface area contributed by atoms with E-state index in [4.69, 9.17) is 18.9 Å². The number of urea groups is 1. The number of nitrogens with zero attached hydrogens (tertiary/aromatic N) is 2. The van der Waals surface area contributed by atoms with E-state index in [2.05, 4.69) is 15.6 Å². The highest BCUT2D eigenvalue weighted by Gasteiger charge is 2.41. The number of rotatable bonds is 9. The molecule has 1 saturated heterocycles. The van der Waals surface area contributed by atoms with Crippen LogP contribution in [0.5, 0.6) is 17.2 Å². The topological polar surface area (TPSA) is 128 Å². The number of carbonyl (C=O) groups excluding carboxylic acids is 3. The van der Waals surface area contributed by atoms with Gasteiger partial charge in [-0.05, 0) is 51.1 Å². The Labute approximate surface area is 255 Å². The van der Waals surface area contributed by atoms with Crippen LogP contribution in [-0.2, 0) is 4.74 Å². The van der Waals surface area contributed by atoms with Crippen molar-refractivity contribution in [2.45, 2.75) is 37.8 Å². The first-order valence-electron chi connectivity index (χ1n) is 13.6. The minimum absolute atomic E-state index is 0.193. The van der Waals surface area contributed by atoms with Gasteiger partial charge in [-0.15, -0.1) is 11.8 Å². The molecule has 12 heteroatoms. The van der Waals surface area contributed by atoms with Gasteiger partial charge in [-0.1, -0.05) is 18.2 Å². The quantitative estimate of drug-likeness (QED) is 0.302. The molecule has 4 rings (SSSR count). The molecule has 0 aliphatic carbocycles. The molecule has 11 nitrogen and oxygen atoms in total. The number of amides is 3. The lowest BCUT2D eigenvalue weighted by atomic mass is 10.0. The first-order valence-corrected chi connectivity index (χ1v) is 14.6. The van der Waals surface area contributed by atoms with Crippen LogP contribution < -0.4 is 24.8 Å². The fraction of sp³-hybridized carbons (Fsp3) is 0.355. The van der Waals surface area contributed by atoms with E-state index in [0.29, 0.717) is 39.8 Å². The van der Waals surface area contributed by atoms with Crippen molar-refractivity contribution in [3.05, 3.63) is 77.6 Å². The maximum absolute atomic E-state index is 13.3. The van der Waals surface area contributed by atoms with E-state index in [1.807, 2.05) is 32.9 Å². The van der Waals surface area contributed by atoms with Crippen molar-refractivity contribution >= 4 is 35.4 Å². The molecular formula is C31H36N4O7S. The Hall–Kier alpha value is -4.45. The average Bonchev–Trinajstić information content (AvgIpc) is 3.43. The third-order valence-corrected chi connectivity index (χ3v) is 7.87. The van der Waals surface area contributed by atoms with Crippen molar-refractivity contribution < 1.29 is 33.3 Å². The van der Waals surface area contributed by atoms with Crippen LogP contribution in [0.4, 0.5) is 15.3 Å². The molecule has 3 aromatic rings. The van der Waals surface area contributed by atoms with Crippen LogP contribution in [-0.4, -0.2) is 73.1 Å². The maximum atomic E-state index is 13.3. The van der Waals surface area contributed by atoms with Gasteiger partial charge in [0, 0.05) is 47.1 Å². The van der Waals surface area contributed by atoms with Crippen molar-refractivity contribution in [2.24, 2.45) is 0 Å². The molecule has 43 heavy (non-hydrogen) atoms. The van der Waals surface area contributed by atoms with Crippen LogP contribution in [0.1, 0.15) is 47.6 Å². The van der Waals surface area contributed by atoms with Crippen LogP contribution >= 0.6 is 11.8 Å². The molecule has 2 unspecified atom stereocenters. The zero-order chi connectivity index (χ0) is 31.1. The number of hydrogen-bond acceptors (Lipinski definition) is 9. The number of thioether (sulfide) groups is 1. The largest absolute Gasteiger partial charge is 0.493 e. The van der Waals surface area contributed by atoms with Crippen LogP contribution in [0.3, 0.4) is 0 Å². The highest BCUT2D eigenvalue weighted by atomic mass is 32.2. The molecule has 228 valence electrons. The maximum Gasteiger partial charge on any atom is 0.411 e. The summed E-state index contributed by atoms with van der Waals surface area (Å²) in [4.78, 5) is 45.3. The second-order valence-corrected chi connectivity index (χ2v) is 11.8. The number of anilines is 1. The first-order chi connectivity index (χ1) is 20.5. The Balaban J connectivity index is 1.44. The highest BCUT2D eigenvalue weighted by molar-refractivity contribution is 7.99. The monoisotopic (exact) mass is 608 g/mol. The molecule has 0 saturated carbocycles. The van der Waals surface area contributed by atoms with E-state index in [0.717, 1.165) is 5.56 Å². The van der Waals surface area contributed by atoms with E-state index in [-0.39, 0.29) is 23.7 Å². The summed E-state index contributed by atoms with van der Waals surface area (Å²) in [5.74, 6) is 1.40. The number of methoxy groups -OCH3 is 3. The molecule has 0 radical (unpaired) electrons. The molecule has 3 amide bonds. The molecule has 1 aliphatic heterocycles. The molecule has 0 spiro atoms. The number of nitrogens with one attached hydrogen (secondary N) is 2. The van der Waals surface area contributed by atoms with Gasteiger partial charge in [0.05, 0.1) is 27.4 Å². The normalized spacial score (nSPS) is 16.3. The number of carbonyl (C=O) groups is 3. The molecule has 1 aromatic heterocycles. The predicted molar refractivity (Wildman–Crippen MR) is 164 cm³/mol. The molecule has 1 aliphatic rings. The number of pyridine rings is 1. The van der Waals surface area contributed by atoms with E-state index in [1.54, 1.807) is 65.5 Å². The van der Waals surface area contributed by atoms with Gasteiger partial charge < -0.3 is 29.6 Å². The smallest absolute Gasteiger partial charge is 0.411 e. The Kier molecular flexibility index (Phi) is 10.0. The fourth-order valence-corrected chi connectivity index (χ4v) is 5.99. The van der Waals surface area contributed by atoms with Gasteiger partial charge in [0.25, 0.3) is 0 Å². The van der Waals surface area contributed by atoms with Crippen molar-refractivity contribution in [3.8, 4) is 17.2 Å². The summed E-state index contributed by atoms with van der Waals surface area (Å²) >= 11 is 1.58. The number of ether oxygens (including phenoxy) is 4. The first kappa shape index (κ1) is 31.5. The Morgan fingerprint density at radius 1 is 0.977 bits per heavy atom. The van der Waals surface area contributed by atoms with Gasteiger partial charge in [-0.3, -0.25) is 14.7 Å². The fourth-order valence-electron chi connectivity index (χ4n) is 4.55. The summed E-state index contributed by atoms with van der Waals surface area (Å²) in [7, 11) is 4.44. The number of ketones is 1. The number of hydrogen-bond donors (Lipinski definition) is 2. The zero-order valence-corrected chi connectivity index (χ0v) is 25.8. The van der Waals surface area contributed by atoms with Crippen molar-refractivity contribution in [1.82, 2.24) is 15.2 Å². The third kappa shape index (κ3) is 7.69. The summed E-state index contributed by atoms with van der Waals surface area (Å²) in [6, 6.07) is 12.7. The van der Waals surface area contributed by atoms with Gasteiger partial charge in [0.2, 0.25) is 5.75 Å². The van der Waals surface area contributed by atoms with Crippen LogP contribution in [0.2, 0.25) is 0 Å². The standard InChI is InChI=1S/C31H36N4O7S/c1-31(2,3)42-30(38)35-23(18-43-28(35)20-10-8-12-32-16-20)17-33-29(37)34-22-11-7-9-19(13-22)26(36)21-14-24(39-4)27(41-6)25(15-21)40-5/h7-16,23,28H,17-18H2,1-6H3,(H2,33,34,37). The second-order valence-electron chi connectivity index (χ2n) is 10.7. The van der Waals surface area contributed by atoms with Crippen LogP contribution in [0.25, 0.3) is 0 Å². The predicted octanol–water partition coefficient (Wildman–Crippen LogP) is 5.51. The van der Waals surface area contributed by atoms with Crippen molar-refractivity contribution in [2.75, 3.05) is 38.9 Å². The van der Waals surface area contributed by atoms with Crippen molar-refractivity contribution in [3.63, 3.8) is 0 Å². The Morgan fingerprint density at radius 3 is 2.30 bits per heavy atom. The van der Waals surface area contributed by atoms with Crippen LogP contribution in [0, 0.1) is 0 Å². The van der Waals surface area contributed by atoms with Gasteiger partial charge in [0.15, 0.2) is 17.3 Å². The van der Waals surface area contributed by atoms with E-state index < -0.39 is 17.7 Å². The Morgan fingerprint density at radius 2 is 1.70 bits per heavy atom. The summed E-state index contributed by atoms with van der Waals surface area (Å²) < 4.78 is 21.8. The van der Waals surface area contributed by atoms with E-state index >= 15 is 0 Å². The molecule has 2 atom stereocenters. The minimum Gasteiger partial charge on any atom is -0.493 e. The molecule has 2 aromatic carbocycles. The van der Waals surface area contributed by atoms with Gasteiger partial charge in [0.1, 0.15) is 11.0 Å². The lowest BCUT2D eigenvalue weighted by molar-refractivity contribution is 0.0175. The summed E-state index contributed by atoms with van der Waals surface area (Å²) in [6.45, 7) is 5.63. The Bertz CT molecular complexity index is 1440. The lowest BCUT2D eigenvalue weighted by Crippen LogP contribution is -2.47. The molecule has 2 N–H and O–H groups in total. The number of benzene rings is 2. The molecular weight excluding hydrogens is 572 g/mol. The SMILES string of the molecule is COc1cc(C(=O)c2cccc(NC(=O)NCC3CSC(c4cccnc4)N3C(=O)OC(C)(C)C)c2)cc(OC)c1OC. The third-order valence-electron chi connectivity index (χ3n) is 6.47. The number of aromatic nitrogens is 1. The second kappa shape index (κ2) is 13.7. The molecule has 2 heterocycles. The average molecular weight is 609 g/mol. The zero-order valence-electron chi connectivity index (χ0n) is 25.0.